The molecular weight excluding hydrogens is 370 g/mol. The van der Waals surface area contributed by atoms with Crippen LogP contribution in [0, 0.1) is 0 Å². The van der Waals surface area contributed by atoms with Crippen molar-refractivity contribution in [2.24, 2.45) is 4.99 Å². The molecule has 1 unspecified atom stereocenters. The number of anilines is 1. The first-order chi connectivity index (χ1) is 13.7. The predicted molar refractivity (Wildman–Crippen MR) is 114 cm³/mol. The molecule has 3 aromatic rings. The van der Waals surface area contributed by atoms with Gasteiger partial charge in [0.2, 0.25) is 11.8 Å². The van der Waals surface area contributed by atoms with Gasteiger partial charge in [0.1, 0.15) is 5.25 Å². The summed E-state index contributed by atoms with van der Waals surface area (Å²) >= 11 is 1.31. The number of hydrogen-bond donors (Lipinski definition) is 2. The van der Waals surface area contributed by atoms with E-state index in [0.29, 0.717) is 11.7 Å². The van der Waals surface area contributed by atoms with Crippen molar-refractivity contribution in [1.29, 1.82) is 0 Å². The van der Waals surface area contributed by atoms with Gasteiger partial charge in [-0.25, -0.2) is 0 Å². The highest BCUT2D eigenvalue weighted by Crippen LogP contribution is 2.26. The molecule has 5 nitrogen and oxygen atoms in total. The lowest BCUT2D eigenvalue weighted by Crippen LogP contribution is -2.28. The predicted octanol–water partition coefficient (Wildman–Crippen LogP) is 3.96. The van der Waals surface area contributed by atoms with E-state index in [4.69, 9.17) is 0 Å². The third-order valence-electron chi connectivity index (χ3n) is 4.46. The van der Waals surface area contributed by atoms with Gasteiger partial charge >= 0.3 is 0 Å². The molecule has 2 amide bonds. The first-order valence-electron chi connectivity index (χ1n) is 9.02. The number of aliphatic imine (C=N–C) groups is 1. The number of nitrogens with one attached hydrogen (secondary N) is 2. The Morgan fingerprint density at radius 3 is 2.61 bits per heavy atom. The normalized spacial score (nSPS) is 17.6. The molecule has 2 N–H and O–H groups in total. The molecule has 0 radical (unpaired) electrons. The highest BCUT2D eigenvalue weighted by molar-refractivity contribution is 8.15. The van der Waals surface area contributed by atoms with Crippen LogP contribution < -0.4 is 10.6 Å². The molecule has 1 fully saturated rings. The minimum Gasteiger partial charge on any atom is -0.325 e. The zero-order valence-corrected chi connectivity index (χ0v) is 15.9. The van der Waals surface area contributed by atoms with Crippen molar-refractivity contribution in [2.75, 3.05) is 5.32 Å². The molecule has 0 saturated carbocycles. The van der Waals surface area contributed by atoms with Crippen LogP contribution in [0.2, 0.25) is 0 Å². The average molecular weight is 389 g/mol. The van der Waals surface area contributed by atoms with Crippen molar-refractivity contribution in [3.05, 3.63) is 78.4 Å². The maximum Gasteiger partial charge on any atom is 0.240 e. The molecule has 28 heavy (non-hydrogen) atoms. The van der Waals surface area contributed by atoms with Crippen molar-refractivity contribution >= 4 is 45.2 Å². The lowest BCUT2D eigenvalue weighted by atomic mass is 10.1. The van der Waals surface area contributed by atoms with Crippen molar-refractivity contribution in [3.8, 4) is 0 Å². The fourth-order valence-electron chi connectivity index (χ4n) is 3.07. The van der Waals surface area contributed by atoms with Gasteiger partial charge in [-0.1, -0.05) is 78.5 Å². The van der Waals surface area contributed by atoms with Gasteiger partial charge in [0.05, 0.1) is 6.54 Å². The number of benzene rings is 3. The third-order valence-corrected chi connectivity index (χ3v) is 5.58. The Labute approximate surface area is 167 Å². The van der Waals surface area contributed by atoms with Gasteiger partial charge in [-0.15, -0.1) is 0 Å². The monoisotopic (exact) mass is 389 g/mol. The van der Waals surface area contributed by atoms with Crippen LogP contribution in [0.5, 0.6) is 0 Å². The topological polar surface area (TPSA) is 70.6 Å². The van der Waals surface area contributed by atoms with Gasteiger partial charge in [-0.05, 0) is 17.0 Å². The second-order valence-electron chi connectivity index (χ2n) is 6.48. The Morgan fingerprint density at radius 2 is 1.75 bits per heavy atom. The molecule has 1 aliphatic rings. The Morgan fingerprint density at radius 1 is 1.00 bits per heavy atom. The molecule has 0 bridgehead atoms. The zero-order valence-electron chi connectivity index (χ0n) is 15.1. The first-order valence-corrected chi connectivity index (χ1v) is 9.90. The zero-order chi connectivity index (χ0) is 19.3. The number of amidine groups is 1. The average Bonchev–Trinajstić information content (AvgIpc) is 3.06. The fourth-order valence-corrected chi connectivity index (χ4v) is 4.03. The molecule has 1 atom stereocenters. The van der Waals surface area contributed by atoms with E-state index in [1.165, 1.54) is 11.8 Å². The van der Waals surface area contributed by atoms with Crippen LogP contribution in [-0.4, -0.2) is 22.2 Å². The van der Waals surface area contributed by atoms with Crippen LogP contribution in [-0.2, 0) is 16.1 Å². The smallest absolute Gasteiger partial charge is 0.240 e. The van der Waals surface area contributed by atoms with Crippen LogP contribution >= 0.6 is 11.8 Å². The van der Waals surface area contributed by atoms with E-state index < -0.39 is 5.25 Å². The fraction of sp³-hybridized carbons (Fsp3) is 0.136. The maximum absolute atomic E-state index is 12.5. The van der Waals surface area contributed by atoms with Gasteiger partial charge in [0.15, 0.2) is 5.17 Å². The number of nitrogens with zero attached hydrogens (tertiary/aromatic N) is 1. The van der Waals surface area contributed by atoms with E-state index in [9.17, 15) is 9.59 Å². The minimum atomic E-state index is -0.468. The molecule has 0 aliphatic carbocycles. The summed E-state index contributed by atoms with van der Waals surface area (Å²) in [6.07, 6.45) is 0.101. The van der Waals surface area contributed by atoms with E-state index in [2.05, 4.69) is 15.6 Å². The second-order valence-corrected chi connectivity index (χ2v) is 7.67. The maximum atomic E-state index is 12.5. The summed E-state index contributed by atoms with van der Waals surface area (Å²) in [5.74, 6) is -0.363. The van der Waals surface area contributed by atoms with Gasteiger partial charge in [0, 0.05) is 17.5 Å². The molecule has 6 heteroatoms. The quantitative estimate of drug-likeness (QED) is 0.694. The molecular formula is C22H19N3O2S. The van der Waals surface area contributed by atoms with Crippen LogP contribution in [0.1, 0.15) is 12.0 Å². The molecule has 1 heterocycles. The number of thioether (sulfide) groups is 1. The Bertz CT molecular complexity index is 1040. The van der Waals surface area contributed by atoms with E-state index >= 15 is 0 Å². The third kappa shape index (κ3) is 4.23. The van der Waals surface area contributed by atoms with Crippen LogP contribution in [0.25, 0.3) is 10.8 Å². The Kier molecular flexibility index (Phi) is 5.39. The lowest BCUT2D eigenvalue weighted by molar-refractivity contribution is -0.122. The van der Waals surface area contributed by atoms with Crippen LogP contribution in [0.3, 0.4) is 0 Å². The standard InChI is InChI=1S/C22H19N3O2S/c26-20(24-18-12-6-10-16-9-4-5-11-17(16)18)13-19-21(27)25-22(28-19)23-14-15-7-2-1-3-8-15/h1-12,19H,13-14H2,(H,24,26)(H,23,25,27). The number of rotatable bonds is 5. The minimum absolute atomic E-state index is 0.101. The number of carbonyl (C=O) groups excluding carboxylic acids is 2. The summed E-state index contributed by atoms with van der Waals surface area (Å²) in [4.78, 5) is 29.1. The van der Waals surface area contributed by atoms with E-state index in [1.54, 1.807) is 0 Å². The Hall–Kier alpha value is -3.12. The van der Waals surface area contributed by atoms with Gasteiger partial charge in [-0.3, -0.25) is 14.6 Å². The van der Waals surface area contributed by atoms with Crippen LogP contribution in [0.4, 0.5) is 5.69 Å². The molecule has 1 saturated heterocycles. The highest BCUT2D eigenvalue weighted by atomic mass is 32.2. The number of carbonyl (C=O) groups is 2. The first kappa shape index (κ1) is 18.3. The summed E-state index contributed by atoms with van der Waals surface area (Å²) < 4.78 is 0. The summed E-state index contributed by atoms with van der Waals surface area (Å²) in [5.41, 5.74) is 1.83. The number of fused-ring (bicyclic) bond motifs is 1. The van der Waals surface area contributed by atoms with Gasteiger partial charge in [-0.2, -0.15) is 0 Å². The molecule has 3 aromatic carbocycles. The van der Waals surface area contributed by atoms with E-state index in [0.717, 1.165) is 22.0 Å². The van der Waals surface area contributed by atoms with Gasteiger partial charge in [0.25, 0.3) is 0 Å². The van der Waals surface area contributed by atoms with Crippen molar-refractivity contribution in [2.45, 2.75) is 18.2 Å². The van der Waals surface area contributed by atoms with Crippen molar-refractivity contribution in [3.63, 3.8) is 0 Å². The molecule has 4 rings (SSSR count). The van der Waals surface area contributed by atoms with Crippen molar-refractivity contribution in [1.82, 2.24) is 5.32 Å². The molecule has 0 aromatic heterocycles. The molecule has 140 valence electrons. The van der Waals surface area contributed by atoms with Crippen LogP contribution in [0.15, 0.2) is 77.8 Å². The summed E-state index contributed by atoms with van der Waals surface area (Å²) in [7, 11) is 0. The van der Waals surface area contributed by atoms with Gasteiger partial charge < -0.3 is 10.6 Å². The SMILES string of the molecule is O=C(CC1SC(=NCc2ccccc2)NC1=O)Nc1cccc2ccccc12. The lowest BCUT2D eigenvalue weighted by Gasteiger charge is -2.10. The number of amides is 2. The van der Waals surface area contributed by atoms with Crippen molar-refractivity contribution < 1.29 is 9.59 Å². The molecule has 0 spiro atoms. The van der Waals surface area contributed by atoms with E-state index in [-0.39, 0.29) is 18.2 Å². The molecule has 1 aliphatic heterocycles. The summed E-state index contributed by atoms with van der Waals surface area (Å²) in [6, 6.07) is 23.5. The summed E-state index contributed by atoms with van der Waals surface area (Å²) in [6.45, 7) is 0.498. The highest BCUT2D eigenvalue weighted by Gasteiger charge is 2.32. The largest absolute Gasteiger partial charge is 0.325 e. The van der Waals surface area contributed by atoms with E-state index in [1.807, 2.05) is 72.8 Å². The Balaban J connectivity index is 1.38. The second kappa shape index (κ2) is 8.27. The number of hydrogen-bond acceptors (Lipinski definition) is 4. The summed E-state index contributed by atoms with van der Waals surface area (Å²) in [5, 5.41) is 7.84.